The zero-order valence-electron chi connectivity index (χ0n) is 11.5. The Balaban J connectivity index is 2.27. The maximum atomic E-state index is 11.3. The lowest BCUT2D eigenvalue weighted by Crippen LogP contribution is -2.01. The SMILES string of the molecule is CC(=O)Oc1cn(C)c2ncnc(-c3ccc(Cl)cc3)c12. The van der Waals surface area contributed by atoms with Crippen molar-refractivity contribution in [2.24, 2.45) is 7.05 Å². The maximum absolute atomic E-state index is 11.3. The van der Waals surface area contributed by atoms with Gasteiger partial charge in [-0.2, -0.15) is 0 Å². The molecule has 0 amide bonds. The van der Waals surface area contributed by atoms with Gasteiger partial charge in [0, 0.05) is 30.8 Å². The van der Waals surface area contributed by atoms with Crippen LogP contribution in [0.5, 0.6) is 5.75 Å². The van der Waals surface area contributed by atoms with Crippen LogP contribution in [-0.2, 0) is 11.8 Å². The lowest BCUT2D eigenvalue weighted by atomic mass is 10.1. The van der Waals surface area contributed by atoms with Crippen molar-refractivity contribution in [3.8, 4) is 17.0 Å². The van der Waals surface area contributed by atoms with Crippen LogP contribution in [-0.4, -0.2) is 20.5 Å². The molecule has 0 saturated heterocycles. The molecule has 0 saturated carbocycles. The van der Waals surface area contributed by atoms with E-state index in [1.807, 2.05) is 19.2 Å². The second-order valence-electron chi connectivity index (χ2n) is 4.63. The number of ether oxygens (including phenoxy) is 1. The monoisotopic (exact) mass is 301 g/mol. The molecule has 0 unspecified atom stereocenters. The van der Waals surface area contributed by atoms with Gasteiger partial charge in [0.25, 0.3) is 0 Å². The molecule has 3 rings (SSSR count). The smallest absolute Gasteiger partial charge is 0.308 e. The Labute approximate surface area is 126 Å². The van der Waals surface area contributed by atoms with Crippen molar-refractivity contribution >= 4 is 28.6 Å². The van der Waals surface area contributed by atoms with E-state index in [2.05, 4.69) is 9.97 Å². The number of aromatic nitrogens is 3. The molecule has 0 aliphatic carbocycles. The molecule has 21 heavy (non-hydrogen) atoms. The topological polar surface area (TPSA) is 57.0 Å². The number of nitrogens with zero attached hydrogens (tertiary/aromatic N) is 3. The van der Waals surface area contributed by atoms with Gasteiger partial charge < -0.3 is 9.30 Å². The molecule has 0 fully saturated rings. The van der Waals surface area contributed by atoms with Crippen molar-refractivity contribution in [3.63, 3.8) is 0 Å². The zero-order chi connectivity index (χ0) is 15.0. The Kier molecular flexibility index (Phi) is 3.35. The summed E-state index contributed by atoms with van der Waals surface area (Å²) in [5, 5.41) is 1.36. The molecule has 2 aromatic heterocycles. The average Bonchev–Trinajstić information content (AvgIpc) is 2.76. The largest absolute Gasteiger partial charge is 0.424 e. The zero-order valence-corrected chi connectivity index (χ0v) is 12.3. The van der Waals surface area contributed by atoms with Gasteiger partial charge in [-0.1, -0.05) is 23.7 Å². The van der Waals surface area contributed by atoms with Crippen molar-refractivity contribution in [2.45, 2.75) is 6.92 Å². The number of benzene rings is 1. The highest BCUT2D eigenvalue weighted by Gasteiger charge is 2.17. The third kappa shape index (κ3) is 2.48. The minimum Gasteiger partial charge on any atom is -0.424 e. The fourth-order valence-electron chi connectivity index (χ4n) is 2.23. The molecular weight excluding hydrogens is 290 g/mol. The summed E-state index contributed by atoms with van der Waals surface area (Å²) in [5.41, 5.74) is 2.28. The van der Waals surface area contributed by atoms with Crippen molar-refractivity contribution in [1.82, 2.24) is 14.5 Å². The summed E-state index contributed by atoms with van der Waals surface area (Å²) in [5.74, 6) is 0.0685. The van der Waals surface area contributed by atoms with Crippen molar-refractivity contribution in [2.75, 3.05) is 0 Å². The fourth-order valence-corrected chi connectivity index (χ4v) is 2.36. The first-order valence-corrected chi connectivity index (χ1v) is 6.68. The molecule has 0 aliphatic rings. The predicted octanol–water partition coefficient (Wildman–Crippen LogP) is 3.21. The van der Waals surface area contributed by atoms with E-state index in [1.54, 1.807) is 22.9 Å². The van der Waals surface area contributed by atoms with Crippen LogP contribution in [0.1, 0.15) is 6.92 Å². The molecule has 0 spiro atoms. The van der Waals surface area contributed by atoms with E-state index in [0.29, 0.717) is 27.5 Å². The molecule has 1 aromatic carbocycles. The predicted molar refractivity (Wildman–Crippen MR) is 80.3 cm³/mol. The highest BCUT2D eigenvalue weighted by Crippen LogP contribution is 2.34. The third-order valence-corrected chi connectivity index (χ3v) is 3.34. The number of fused-ring (bicyclic) bond motifs is 1. The van der Waals surface area contributed by atoms with Gasteiger partial charge in [0.2, 0.25) is 0 Å². The number of hydrogen-bond acceptors (Lipinski definition) is 4. The first kappa shape index (κ1) is 13.6. The Morgan fingerprint density at radius 2 is 1.95 bits per heavy atom. The number of halogens is 1. The summed E-state index contributed by atoms with van der Waals surface area (Å²) in [7, 11) is 1.84. The maximum Gasteiger partial charge on any atom is 0.308 e. The van der Waals surface area contributed by atoms with E-state index in [1.165, 1.54) is 13.3 Å². The molecule has 0 N–H and O–H groups in total. The Bertz CT molecular complexity index is 825. The van der Waals surface area contributed by atoms with Crippen molar-refractivity contribution in [1.29, 1.82) is 0 Å². The summed E-state index contributed by atoms with van der Waals surface area (Å²) in [6.07, 6.45) is 3.21. The van der Waals surface area contributed by atoms with Crippen LogP contribution in [0.3, 0.4) is 0 Å². The van der Waals surface area contributed by atoms with Crippen LogP contribution in [0, 0.1) is 0 Å². The van der Waals surface area contributed by atoms with Gasteiger partial charge in [0.15, 0.2) is 5.75 Å². The quantitative estimate of drug-likeness (QED) is 0.682. The summed E-state index contributed by atoms with van der Waals surface area (Å²) in [6, 6.07) is 7.32. The van der Waals surface area contributed by atoms with E-state index >= 15 is 0 Å². The molecule has 0 bridgehead atoms. The van der Waals surface area contributed by atoms with Gasteiger partial charge in [-0.25, -0.2) is 9.97 Å². The molecule has 0 atom stereocenters. The van der Waals surface area contributed by atoms with Crippen LogP contribution in [0.2, 0.25) is 5.02 Å². The summed E-state index contributed by atoms with van der Waals surface area (Å²) in [4.78, 5) is 19.8. The molecule has 0 aliphatic heterocycles. The van der Waals surface area contributed by atoms with Gasteiger partial charge in [-0.15, -0.1) is 0 Å². The number of carbonyl (C=O) groups is 1. The Morgan fingerprint density at radius 3 is 2.62 bits per heavy atom. The highest BCUT2D eigenvalue weighted by molar-refractivity contribution is 6.30. The number of esters is 1. The Hall–Kier alpha value is -2.40. The van der Waals surface area contributed by atoms with Gasteiger partial charge in [0.05, 0.1) is 11.1 Å². The molecule has 5 nitrogen and oxygen atoms in total. The molecule has 2 heterocycles. The van der Waals surface area contributed by atoms with Crippen molar-refractivity contribution in [3.05, 3.63) is 41.8 Å². The minimum atomic E-state index is -0.381. The summed E-state index contributed by atoms with van der Waals surface area (Å²) >= 11 is 5.92. The second-order valence-corrected chi connectivity index (χ2v) is 5.06. The van der Waals surface area contributed by atoms with Crippen LogP contribution < -0.4 is 4.74 Å². The number of hydrogen-bond donors (Lipinski definition) is 0. The Morgan fingerprint density at radius 1 is 1.24 bits per heavy atom. The summed E-state index contributed by atoms with van der Waals surface area (Å²) in [6.45, 7) is 1.37. The number of aryl methyl sites for hydroxylation is 1. The number of carbonyl (C=O) groups excluding carboxylic acids is 1. The second kappa shape index (κ2) is 5.18. The van der Waals surface area contributed by atoms with Crippen LogP contribution >= 0.6 is 11.6 Å². The van der Waals surface area contributed by atoms with Crippen molar-refractivity contribution < 1.29 is 9.53 Å². The average molecular weight is 302 g/mol. The highest BCUT2D eigenvalue weighted by atomic mass is 35.5. The van der Waals surface area contributed by atoms with Gasteiger partial charge in [0.1, 0.15) is 12.0 Å². The normalized spacial score (nSPS) is 10.8. The molecule has 106 valence electrons. The first-order chi connectivity index (χ1) is 10.1. The third-order valence-electron chi connectivity index (χ3n) is 3.09. The van der Waals surface area contributed by atoms with Crippen LogP contribution in [0.4, 0.5) is 0 Å². The van der Waals surface area contributed by atoms with Gasteiger partial charge in [-0.05, 0) is 12.1 Å². The molecule has 6 heteroatoms. The lowest BCUT2D eigenvalue weighted by molar-refractivity contribution is -0.131. The summed E-state index contributed by atoms with van der Waals surface area (Å²) < 4.78 is 7.07. The van der Waals surface area contributed by atoms with Gasteiger partial charge >= 0.3 is 5.97 Å². The standard InChI is InChI=1S/C15H12ClN3O2/c1-9(20)21-12-7-19(2)15-13(12)14(17-8-18-15)10-3-5-11(16)6-4-10/h3-8H,1-2H3. The molecule has 3 aromatic rings. The minimum absolute atomic E-state index is 0.381. The van der Waals surface area contributed by atoms with Gasteiger partial charge in [-0.3, -0.25) is 4.79 Å². The number of rotatable bonds is 2. The van der Waals surface area contributed by atoms with E-state index in [0.717, 1.165) is 5.56 Å². The molecular formula is C15H12ClN3O2. The van der Waals surface area contributed by atoms with E-state index < -0.39 is 0 Å². The molecule has 0 radical (unpaired) electrons. The van der Waals surface area contributed by atoms with E-state index in [-0.39, 0.29) is 5.97 Å². The fraction of sp³-hybridized carbons (Fsp3) is 0.133. The van der Waals surface area contributed by atoms with E-state index in [9.17, 15) is 4.79 Å². The van der Waals surface area contributed by atoms with Crippen LogP contribution in [0.25, 0.3) is 22.3 Å². The van der Waals surface area contributed by atoms with Crippen LogP contribution in [0.15, 0.2) is 36.8 Å². The lowest BCUT2D eigenvalue weighted by Gasteiger charge is -2.05. The van der Waals surface area contributed by atoms with E-state index in [4.69, 9.17) is 16.3 Å². The first-order valence-electron chi connectivity index (χ1n) is 6.30.